The minimum atomic E-state index is -0.415. The average Bonchev–Trinajstić information content (AvgIpc) is 3.27. The number of hydrogen-bond acceptors (Lipinski definition) is 6. The minimum Gasteiger partial charge on any atom is -0.411 e. The molecule has 0 fully saturated rings. The molecule has 2 heterocycles. The minimum absolute atomic E-state index is 0.112. The number of nitrogens with one attached hydrogen (secondary N) is 1. The van der Waals surface area contributed by atoms with E-state index in [1.807, 2.05) is 73.7 Å². The molecule has 0 bridgehead atoms. The fraction of sp³-hybridized carbons (Fsp3) is 0.130. The molecule has 6 nitrogen and oxygen atoms in total. The van der Waals surface area contributed by atoms with Gasteiger partial charge in [0.25, 0.3) is 5.22 Å². The number of carbonyl (C=O) groups excluding carboxylic acids is 1. The van der Waals surface area contributed by atoms with E-state index >= 15 is 0 Å². The molecule has 150 valence electrons. The van der Waals surface area contributed by atoms with E-state index in [9.17, 15) is 4.79 Å². The lowest BCUT2D eigenvalue weighted by Gasteiger charge is -2.21. The number of benzene rings is 2. The average molecular weight is 417 g/mol. The Morgan fingerprint density at radius 2 is 1.60 bits per heavy atom. The molecule has 1 amide bonds. The molecule has 1 N–H and O–H groups in total. The molecular weight excluding hydrogens is 396 g/mol. The number of nitrogens with zero attached hydrogens (tertiary/aromatic N) is 3. The Kier molecular flexibility index (Phi) is 6.20. The number of aromatic nitrogens is 3. The third kappa shape index (κ3) is 4.75. The van der Waals surface area contributed by atoms with E-state index in [2.05, 4.69) is 20.5 Å². The fourth-order valence-corrected chi connectivity index (χ4v) is 3.67. The van der Waals surface area contributed by atoms with Crippen LogP contribution in [0.5, 0.6) is 0 Å². The Morgan fingerprint density at radius 1 is 0.933 bits per heavy atom. The Labute approximate surface area is 178 Å². The van der Waals surface area contributed by atoms with Crippen molar-refractivity contribution >= 4 is 17.7 Å². The Morgan fingerprint density at radius 3 is 2.20 bits per heavy atom. The number of rotatable bonds is 7. The molecule has 0 spiro atoms. The van der Waals surface area contributed by atoms with Crippen molar-refractivity contribution in [1.82, 2.24) is 20.5 Å². The monoisotopic (exact) mass is 416 g/mol. The summed E-state index contributed by atoms with van der Waals surface area (Å²) in [6.45, 7) is 1.82. The first-order chi connectivity index (χ1) is 14.7. The standard InChI is InChI=1S/C23H20N4O2S/c1-16(30-23-27-26-22(29-23)19-13-8-14-24-15-19)21(28)25-20(17-9-4-2-5-10-17)18-11-6-3-7-12-18/h2-16,20H,1H3,(H,25,28)/t16-/m1/s1. The van der Waals surface area contributed by atoms with Crippen LogP contribution in [0.15, 0.2) is 94.8 Å². The molecule has 2 aromatic heterocycles. The summed E-state index contributed by atoms with van der Waals surface area (Å²) in [6, 6.07) is 23.2. The zero-order valence-electron chi connectivity index (χ0n) is 16.3. The quantitative estimate of drug-likeness (QED) is 0.446. The number of pyridine rings is 1. The summed E-state index contributed by atoms with van der Waals surface area (Å²) >= 11 is 1.23. The van der Waals surface area contributed by atoms with Gasteiger partial charge in [-0.3, -0.25) is 9.78 Å². The third-order valence-electron chi connectivity index (χ3n) is 4.51. The highest BCUT2D eigenvalue weighted by Crippen LogP contribution is 2.27. The second-order valence-corrected chi connectivity index (χ2v) is 7.93. The molecule has 1 atom stereocenters. The highest BCUT2D eigenvalue weighted by Gasteiger charge is 2.23. The maximum atomic E-state index is 12.9. The Hall–Kier alpha value is -3.45. The first-order valence-electron chi connectivity index (χ1n) is 9.51. The molecule has 0 aliphatic carbocycles. The highest BCUT2D eigenvalue weighted by molar-refractivity contribution is 8.00. The van der Waals surface area contributed by atoms with Crippen LogP contribution in [0.3, 0.4) is 0 Å². The maximum absolute atomic E-state index is 12.9. The van der Waals surface area contributed by atoms with E-state index in [-0.39, 0.29) is 11.9 Å². The Bertz CT molecular complexity index is 1050. The van der Waals surface area contributed by atoms with Gasteiger partial charge in [0, 0.05) is 12.4 Å². The summed E-state index contributed by atoms with van der Waals surface area (Å²) in [7, 11) is 0. The molecule has 0 aliphatic rings. The molecule has 2 aromatic carbocycles. The molecule has 7 heteroatoms. The SMILES string of the molecule is C[C@@H](Sc1nnc(-c2cccnc2)o1)C(=O)NC(c1ccccc1)c1ccccc1. The van der Waals surface area contributed by atoms with Gasteiger partial charge in [-0.15, -0.1) is 10.2 Å². The van der Waals surface area contributed by atoms with Gasteiger partial charge in [0.1, 0.15) is 0 Å². The van der Waals surface area contributed by atoms with Crippen LogP contribution in [0.2, 0.25) is 0 Å². The van der Waals surface area contributed by atoms with Crippen molar-refractivity contribution < 1.29 is 9.21 Å². The lowest BCUT2D eigenvalue weighted by Crippen LogP contribution is -2.34. The molecule has 0 radical (unpaired) electrons. The van der Waals surface area contributed by atoms with E-state index in [1.165, 1.54) is 11.8 Å². The molecule has 4 rings (SSSR count). The predicted octanol–water partition coefficient (Wildman–Crippen LogP) is 4.52. The molecule has 0 aliphatic heterocycles. The van der Waals surface area contributed by atoms with Crippen LogP contribution in [0.25, 0.3) is 11.5 Å². The van der Waals surface area contributed by atoms with E-state index in [1.54, 1.807) is 18.5 Å². The van der Waals surface area contributed by atoms with Gasteiger partial charge in [-0.2, -0.15) is 0 Å². The smallest absolute Gasteiger partial charge is 0.277 e. The topological polar surface area (TPSA) is 80.9 Å². The molecule has 0 saturated carbocycles. The van der Waals surface area contributed by atoms with Gasteiger partial charge in [-0.1, -0.05) is 72.4 Å². The molecular formula is C23H20N4O2S. The summed E-state index contributed by atoms with van der Waals surface area (Å²) in [5.41, 5.74) is 2.78. The highest BCUT2D eigenvalue weighted by atomic mass is 32.2. The maximum Gasteiger partial charge on any atom is 0.277 e. The summed E-state index contributed by atoms with van der Waals surface area (Å²) in [5, 5.41) is 11.2. The van der Waals surface area contributed by atoms with Crippen molar-refractivity contribution in [2.75, 3.05) is 0 Å². The van der Waals surface area contributed by atoms with E-state index in [0.717, 1.165) is 16.7 Å². The van der Waals surface area contributed by atoms with Crippen LogP contribution < -0.4 is 5.32 Å². The number of carbonyl (C=O) groups is 1. The summed E-state index contributed by atoms with van der Waals surface area (Å²) in [6.07, 6.45) is 3.33. The normalized spacial score (nSPS) is 11.9. The van der Waals surface area contributed by atoms with Crippen LogP contribution in [-0.2, 0) is 4.79 Å². The van der Waals surface area contributed by atoms with Crippen molar-refractivity contribution in [3.63, 3.8) is 0 Å². The summed E-state index contributed by atoms with van der Waals surface area (Å²) in [4.78, 5) is 17.0. The van der Waals surface area contributed by atoms with E-state index < -0.39 is 5.25 Å². The predicted molar refractivity (Wildman–Crippen MR) is 116 cm³/mol. The zero-order valence-corrected chi connectivity index (χ0v) is 17.1. The third-order valence-corrected chi connectivity index (χ3v) is 5.45. The molecule has 0 saturated heterocycles. The molecule has 30 heavy (non-hydrogen) atoms. The lowest BCUT2D eigenvalue weighted by molar-refractivity contribution is -0.120. The second kappa shape index (κ2) is 9.37. The van der Waals surface area contributed by atoms with Gasteiger partial charge >= 0.3 is 0 Å². The lowest BCUT2D eigenvalue weighted by atomic mass is 9.98. The Balaban J connectivity index is 1.47. The first-order valence-corrected chi connectivity index (χ1v) is 10.4. The summed E-state index contributed by atoms with van der Waals surface area (Å²) in [5.74, 6) is 0.267. The molecule has 4 aromatic rings. The van der Waals surface area contributed by atoms with Gasteiger partial charge in [0.15, 0.2) is 0 Å². The number of amides is 1. The van der Waals surface area contributed by atoms with Gasteiger partial charge < -0.3 is 9.73 Å². The van der Waals surface area contributed by atoms with Crippen molar-refractivity contribution in [3.05, 3.63) is 96.3 Å². The van der Waals surface area contributed by atoms with Crippen molar-refractivity contribution in [1.29, 1.82) is 0 Å². The van der Waals surface area contributed by atoms with E-state index in [0.29, 0.717) is 11.1 Å². The van der Waals surface area contributed by atoms with Crippen LogP contribution >= 0.6 is 11.8 Å². The zero-order chi connectivity index (χ0) is 20.8. The van der Waals surface area contributed by atoms with Crippen LogP contribution in [0.4, 0.5) is 0 Å². The summed E-state index contributed by atoms with van der Waals surface area (Å²) < 4.78 is 5.69. The van der Waals surface area contributed by atoms with Crippen molar-refractivity contribution in [3.8, 4) is 11.5 Å². The number of hydrogen-bond donors (Lipinski definition) is 1. The largest absolute Gasteiger partial charge is 0.411 e. The van der Waals surface area contributed by atoms with Gasteiger partial charge in [0.05, 0.1) is 16.9 Å². The number of thioether (sulfide) groups is 1. The van der Waals surface area contributed by atoms with Crippen LogP contribution in [0.1, 0.15) is 24.1 Å². The van der Waals surface area contributed by atoms with Gasteiger partial charge in [0.2, 0.25) is 11.8 Å². The molecule has 0 unspecified atom stereocenters. The van der Waals surface area contributed by atoms with Crippen LogP contribution in [0, 0.1) is 0 Å². The van der Waals surface area contributed by atoms with Crippen molar-refractivity contribution in [2.45, 2.75) is 23.4 Å². The van der Waals surface area contributed by atoms with Crippen molar-refractivity contribution in [2.24, 2.45) is 0 Å². The fourth-order valence-electron chi connectivity index (χ4n) is 2.98. The van der Waals surface area contributed by atoms with Gasteiger partial charge in [-0.25, -0.2) is 0 Å². The van der Waals surface area contributed by atoms with Crippen LogP contribution in [-0.4, -0.2) is 26.3 Å². The van der Waals surface area contributed by atoms with E-state index in [4.69, 9.17) is 4.42 Å². The second-order valence-electron chi connectivity index (χ2n) is 6.64. The van der Waals surface area contributed by atoms with Gasteiger partial charge in [-0.05, 0) is 30.2 Å². The first kappa shape index (κ1) is 19.8.